The second kappa shape index (κ2) is 8.21. The van der Waals surface area contributed by atoms with Gasteiger partial charge in [-0.1, -0.05) is 24.1 Å². The number of carbonyl (C=O) groups excluding carboxylic acids is 1. The van der Waals surface area contributed by atoms with Gasteiger partial charge in [0.05, 0.1) is 14.9 Å². The van der Waals surface area contributed by atoms with Gasteiger partial charge >= 0.3 is 0 Å². The fourth-order valence-corrected chi connectivity index (χ4v) is 7.81. The van der Waals surface area contributed by atoms with E-state index in [1.54, 1.807) is 17.4 Å². The number of thiazole rings is 1. The van der Waals surface area contributed by atoms with Gasteiger partial charge in [0.2, 0.25) is 5.91 Å². The molecule has 0 spiro atoms. The van der Waals surface area contributed by atoms with E-state index in [9.17, 15) is 13.2 Å². The van der Waals surface area contributed by atoms with Crippen molar-refractivity contribution in [1.82, 2.24) is 9.29 Å². The third-order valence-electron chi connectivity index (χ3n) is 4.38. The average Bonchev–Trinajstić information content (AvgIpc) is 3.43. The van der Waals surface area contributed by atoms with Crippen molar-refractivity contribution in [2.75, 3.05) is 11.9 Å². The molecule has 1 aliphatic rings. The molecule has 1 N–H and O–H groups in total. The summed E-state index contributed by atoms with van der Waals surface area (Å²) in [4.78, 5) is 18.4. The zero-order valence-corrected chi connectivity index (χ0v) is 18.5. The van der Waals surface area contributed by atoms with Crippen LogP contribution in [0.5, 0.6) is 0 Å². The highest BCUT2D eigenvalue weighted by Gasteiger charge is 2.38. The van der Waals surface area contributed by atoms with Crippen molar-refractivity contribution in [3.63, 3.8) is 0 Å². The first kappa shape index (κ1) is 20.0. The van der Waals surface area contributed by atoms with Crippen LogP contribution in [0.1, 0.15) is 19.3 Å². The van der Waals surface area contributed by atoms with Gasteiger partial charge in [0.25, 0.3) is 10.0 Å². The number of nitrogens with one attached hydrogen (secondary N) is 1. The zero-order valence-electron chi connectivity index (χ0n) is 14.5. The van der Waals surface area contributed by atoms with Crippen molar-refractivity contribution in [2.24, 2.45) is 0 Å². The average molecular weight is 474 g/mol. The predicted octanol–water partition coefficient (Wildman–Crippen LogP) is 4.77. The second-order valence-electron chi connectivity index (χ2n) is 6.19. The first-order chi connectivity index (χ1) is 13.4. The molecule has 28 heavy (non-hydrogen) atoms. The number of nitrogens with zero attached hydrogens (tertiary/aromatic N) is 2. The highest BCUT2D eigenvalue weighted by Crippen LogP contribution is 2.33. The van der Waals surface area contributed by atoms with Crippen LogP contribution >= 0.6 is 45.6 Å². The Morgan fingerprint density at radius 3 is 2.82 bits per heavy atom. The minimum absolute atomic E-state index is 0.159. The molecule has 6 nitrogen and oxygen atoms in total. The molecule has 3 aromatic rings. The van der Waals surface area contributed by atoms with Gasteiger partial charge in [0, 0.05) is 11.9 Å². The Balaban J connectivity index is 1.53. The highest BCUT2D eigenvalue weighted by atomic mass is 35.5. The summed E-state index contributed by atoms with van der Waals surface area (Å²) in [5.41, 5.74) is 0.802. The third kappa shape index (κ3) is 4.03. The molecule has 1 atom stereocenters. The third-order valence-corrected chi connectivity index (χ3v) is 9.63. The van der Waals surface area contributed by atoms with Gasteiger partial charge in [-0.25, -0.2) is 13.4 Å². The molecule has 0 bridgehead atoms. The Bertz CT molecular complexity index is 1080. The van der Waals surface area contributed by atoms with Crippen LogP contribution in [0.4, 0.5) is 5.13 Å². The van der Waals surface area contributed by atoms with Crippen molar-refractivity contribution in [2.45, 2.75) is 29.5 Å². The molecule has 0 saturated carbocycles. The van der Waals surface area contributed by atoms with E-state index in [-0.39, 0.29) is 10.1 Å². The number of amides is 1. The summed E-state index contributed by atoms with van der Waals surface area (Å²) in [7, 11) is -3.77. The molecule has 0 aliphatic carbocycles. The van der Waals surface area contributed by atoms with Gasteiger partial charge in [-0.05, 0) is 36.4 Å². The summed E-state index contributed by atoms with van der Waals surface area (Å²) in [5, 5.41) is 7.11. The Morgan fingerprint density at radius 1 is 1.25 bits per heavy atom. The molecule has 1 unspecified atom stereocenters. The van der Waals surface area contributed by atoms with Gasteiger partial charge < -0.3 is 5.32 Å². The normalized spacial score (nSPS) is 18.2. The number of carbonyl (C=O) groups is 1. The van der Waals surface area contributed by atoms with Crippen molar-refractivity contribution in [3.8, 4) is 10.6 Å². The molecule has 1 saturated heterocycles. The minimum atomic E-state index is -3.77. The molecule has 4 heterocycles. The smallest absolute Gasteiger partial charge is 0.253 e. The molecule has 1 fully saturated rings. The maximum absolute atomic E-state index is 13.0. The molecule has 3 aromatic heterocycles. The number of hydrogen-bond acceptors (Lipinski definition) is 7. The number of anilines is 1. The molecule has 0 aromatic carbocycles. The lowest BCUT2D eigenvalue weighted by molar-refractivity contribution is -0.120. The molecule has 1 aliphatic heterocycles. The molecule has 0 radical (unpaired) electrons. The summed E-state index contributed by atoms with van der Waals surface area (Å²) in [6.45, 7) is 0.314. The number of sulfonamides is 1. The van der Waals surface area contributed by atoms with Crippen molar-refractivity contribution in [3.05, 3.63) is 39.4 Å². The van der Waals surface area contributed by atoms with Crippen LogP contribution in [-0.4, -0.2) is 36.2 Å². The predicted molar refractivity (Wildman–Crippen MR) is 115 cm³/mol. The van der Waals surface area contributed by atoms with Crippen LogP contribution in [0, 0.1) is 0 Å². The van der Waals surface area contributed by atoms with E-state index in [0.29, 0.717) is 22.4 Å². The summed E-state index contributed by atoms with van der Waals surface area (Å²) in [5.74, 6) is -0.349. The van der Waals surface area contributed by atoms with Crippen LogP contribution in [0.25, 0.3) is 10.6 Å². The maximum atomic E-state index is 13.0. The van der Waals surface area contributed by atoms with Crippen molar-refractivity contribution < 1.29 is 13.2 Å². The lowest BCUT2D eigenvalue weighted by Crippen LogP contribution is -2.49. The Hall–Kier alpha value is -1.30. The van der Waals surface area contributed by atoms with Crippen LogP contribution in [0.3, 0.4) is 0 Å². The monoisotopic (exact) mass is 473 g/mol. The van der Waals surface area contributed by atoms with Crippen LogP contribution in [0.15, 0.2) is 39.2 Å². The maximum Gasteiger partial charge on any atom is 0.253 e. The van der Waals surface area contributed by atoms with Crippen molar-refractivity contribution in [1.29, 1.82) is 0 Å². The van der Waals surface area contributed by atoms with E-state index in [1.165, 1.54) is 21.7 Å². The number of halogens is 1. The van der Waals surface area contributed by atoms with E-state index in [4.69, 9.17) is 11.6 Å². The van der Waals surface area contributed by atoms with E-state index in [2.05, 4.69) is 10.3 Å². The van der Waals surface area contributed by atoms with Crippen LogP contribution in [-0.2, 0) is 14.8 Å². The number of thiophene rings is 2. The molecular weight excluding hydrogens is 458 g/mol. The summed E-state index contributed by atoms with van der Waals surface area (Å²) < 4.78 is 27.9. The first-order valence-corrected chi connectivity index (χ1v) is 12.9. The molecule has 4 rings (SSSR count). The second-order valence-corrected chi connectivity index (χ2v) is 11.8. The summed E-state index contributed by atoms with van der Waals surface area (Å²) >= 11 is 9.81. The quantitative estimate of drug-likeness (QED) is 0.578. The summed E-state index contributed by atoms with van der Waals surface area (Å²) in [6, 6.07) is 6.19. The van der Waals surface area contributed by atoms with Gasteiger partial charge in [-0.2, -0.15) is 4.31 Å². The minimum Gasteiger partial charge on any atom is -0.301 e. The molecule has 1 amide bonds. The number of hydrogen-bond donors (Lipinski definition) is 1. The van der Waals surface area contributed by atoms with Gasteiger partial charge in [-0.15, -0.1) is 34.0 Å². The van der Waals surface area contributed by atoms with Crippen LogP contribution < -0.4 is 5.32 Å². The van der Waals surface area contributed by atoms with E-state index >= 15 is 0 Å². The van der Waals surface area contributed by atoms with Gasteiger partial charge in [0.15, 0.2) is 5.13 Å². The first-order valence-electron chi connectivity index (χ1n) is 8.52. The topological polar surface area (TPSA) is 79.4 Å². The fourth-order valence-electron chi connectivity index (χ4n) is 3.06. The van der Waals surface area contributed by atoms with E-state index in [0.717, 1.165) is 34.7 Å². The van der Waals surface area contributed by atoms with Gasteiger partial charge in [-0.3, -0.25) is 4.79 Å². The van der Waals surface area contributed by atoms with Crippen molar-refractivity contribution >= 4 is 66.7 Å². The SMILES string of the molecule is O=C(Nc1nc(-c2cccs2)cs1)C1CCCCN1S(=O)(=O)c1ccc(Cl)s1. The Kier molecular flexibility index (Phi) is 5.86. The Labute approximate surface area is 179 Å². The van der Waals surface area contributed by atoms with Gasteiger partial charge in [0.1, 0.15) is 10.3 Å². The molecule has 148 valence electrons. The molecule has 11 heteroatoms. The fraction of sp³-hybridized carbons (Fsp3) is 0.294. The van der Waals surface area contributed by atoms with E-state index < -0.39 is 16.1 Å². The number of aromatic nitrogens is 1. The lowest BCUT2D eigenvalue weighted by Gasteiger charge is -2.32. The Morgan fingerprint density at radius 2 is 2.11 bits per heavy atom. The highest BCUT2D eigenvalue weighted by molar-refractivity contribution is 7.91. The molecular formula is C17H16ClN3O3S4. The lowest BCUT2D eigenvalue weighted by atomic mass is 10.0. The van der Waals surface area contributed by atoms with E-state index in [1.807, 2.05) is 22.9 Å². The number of rotatable bonds is 5. The largest absolute Gasteiger partial charge is 0.301 e. The standard InChI is InChI=1S/C17H16ClN3O3S4/c18-14-6-7-15(27-14)28(23,24)21-8-2-1-4-12(21)16(22)20-17-19-11(10-26-17)13-5-3-9-25-13/h3,5-7,9-10,12H,1-2,4,8H2,(H,19,20,22). The number of piperidine rings is 1. The van der Waals surface area contributed by atoms with Crippen LogP contribution in [0.2, 0.25) is 4.34 Å². The summed E-state index contributed by atoms with van der Waals surface area (Å²) in [6.07, 6.45) is 2.00. The zero-order chi connectivity index (χ0) is 19.7.